The molecule has 0 spiro atoms. The second-order valence-electron chi connectivity index (χ2n) is 1.64. The Balaban J connectivity index is 3.00. The maximum atomic E-state index is 10.0. The van der Waals surface area contributed by atoms with E-state index in [1.165, 1.54) is 11.3 Å². The van der Waals surface area contributed by atoms with Gasteiger partial charge >= 0.3 is 0 Å². The molecule has 0 saturated heterocycles. The smallest absolute Gasteiger partial charge is 0.159 e. The predicted octanol–water partition coefficient (Wildman–Crippen LogP) is -0.181. The standard InChI is InChI=1S/C5H5BOS/c6-4-1-5(2-7)8-3-4/h1-3H,6H2. The Morgan fingerprint density at radius 2 is 2.50 bits per heavy atom. The van der Waals surface area contributed by atoms with Crippen LogP contribution in [0.15, 0.2) is 11.4 Å². The fourth-order valence-electron chi connectivity index (χ4n) is 0.515. The molecule has 1 nitrogen and oxygen atoms in total. The Morgan fingerprint density at radius 1 is 1.75 bits per heavy atom. The van der Waals surface area contributed by atoms with E-state index in [4.69, 9.17) is 0 Å². The van der Waals surface area contributed by atoms with Crippen LogP contribution in [0, 0.1) is 0 Å². The van der Waals surface area contributed by atoms with Gasteiger partial charge in [-0.25, -0.2) is 0 Å². The molecule has 0 radical (unpaired) electrons. The highest BCUT2D eigenvalue weighted by Gasteiger charge is 1.89. The van der Waals surface area contributed by atoms with E-state index in [0.29, 0.717) is 0 Å². The molecule has 0 atom stereocenters. The number of carbonyl (C=O) groups is 1. The largest absolute Gasteiger partial charge is 0.297 e. The first-order valence-corrected chi connectivity index (χ1v) is 3.21. The summed E-state index contributed by atoms with van der Waals surface area (Å²) in [4.78, 5) is 10.8. The van der Waals surface area contributed by atoms with Crippen molar-refractivity contribution in [3.63, 3.8) is 0 Å². The van der Waals surface area contributed by atoms with Gasteiger partial charge in [-0.15, -0.1) is 11.3 Å². The number of hydrogen-bond acceptors (Lipinski definition) is 2. The fraction of sp³-hybridized carbons (Fsp3) is 0. The first-order valence-electron chi connectivity index (χ1n) is 2.33. The first-order chi connectivity index (χ1) is 3.83. The summed E-state index contributed by atoms with van der Waals surface area (Å²) in [5.74, 6) is 0. The Bertz CT molecular complexity index is 194. The van der Waals surface area contributed by atoms with Gasteiger partial charge in [0.15, 0.2) is 6.29 Å². The van der Waals surface area contributed by atoms with E-state index < -0.39 is 0 Å². The zero-order valence-corrected chi connectivity index (χ0v) is 5.37. The van der Waals surface area contributed by atoms with Gasteiger partial charge in [0.1, 0.15) is 7.85 Å². The van der Waals surface area contributed by atoms with E-state index in [1.807, 2.05) is 19.3 Å². The van der Waals surface area contributed by atoms with Gasteiger partial charge < -0.3 is 0 Å². The second kappa shape index (κ2) is 2.14. The summed E-state index contributed by atoms with van der Waals surface area (Å²) in [5.41, 5.74) is 1.16. The van der Waals surface area contributed by atoms with Crippen molar-refractivity contribution in [1.29, 1.82) is 0 Å². The highest BCUT2D eigenvalue weighted by Crippen LogP contribution is 2.00. The summed E-state index contributed by atoms with van der Waals surface area (Å²) in [7, 11) is 1.98. The van der Waals surface area contributed by atoms with Gasteiger partial charge in [-0.05, 0) is 11.4 Å². The van der Waals surface area contributed by atoms with Gasteiger partial charge in [-0.1, -0.05) is 5.46 Å². The molecule has 0 aliphatic rings. The van der Waals surface area contributed by atoms with Crippen molar-refractivity contribution in [2.24, 2.45) is 0 Å². The number of rotatable bonds is 1. The minimum absolute atomic E-state index is 0.808. The predicted molar refractivity (Wildman–Crippen MR) is 37.9 cm³/mol. The van der Waals surface area contributed by atoms with Gasteiger partial charge in [0.2, 0.25) is 0 Å². The van der Waals surface area contributed by atoms with Crippen molar-refractivity contribution < 1.29 is 4.79 Å². The molecule has 0 saturated carbocycles. The highest BCUT2D eigenvalue weighted by atomic mass is 32.1. The molecule has 0 aromatic carbocycles. The van der Waals surface area contributed by atoms with Crippen molar-refractivity contribution in [3.8, 4) is 0 Å². The third-order valence-electron chi connectivity index (χ3n) is 0.867. The van der Waals surface area contributed by atoms with Crippen molar-refractivity contribution >= 4 is 30.9 Å². The Hall–Kier alpha value is -0.565. The molecule has 8 heavy (non-hydrogen) atoms. The highest BCUT2D eigenvalue weighted by molar-refractivity contribution is 7.12. The Kier molecular flexibility index (Phi) is 1.49. The van der Waals surface area contributed by atoms with Gasteiger partial charge in [0.05, 0.1) is 4.88 Å². The number of hydrogen-bond donors (Lipinski definition) is 0. The van der Waals surface area contributed by atoms with E-state index in [-0.39, 0.29) is 0 Å². The molecule has 3 heteroatoms. The maximum Gasteiger partial charge on any atom is 0.159 e. The summed E-state index contributed by atoms with van der Waals surface area (Å²) in [6.07, 6.45) is 0.873. The summed E-state index contributed by atoms with van der Waals surface area (Å²) in [6, 6.07) is 1.87. The van der Waals surface area contributed by atoms with Gasteiger partial charge in [0, 0.05) is 0 Å². The van der Waals surface area contributed by atoms with Crippen LogP contribution < -0.4 is 5.46 Å². The van der Waals surface area contributed by atoms with Crippen molar-refractivity contribution in [2.45, 2.75) is 0 Å². The first kappa shape index (κ1) is 5.57. The van der Waals surface area contributed by atoms with Gasteiger partial charge in [-0.3, -0.25) is 4.79 Å². The van der Waals surface area contributed by atoms with Crippen LogP contribution in [0.4, 0.5) is 0 Å². The van der Waals surface area contributed by atoms with Crippen LogP contribution in [0.5, 0.6) is 0 Å². The molecule has 0 fully saturated rings. The summed E-state index contributed by atoms with van der Waals surface area (Å²) in [6.45, 7) is 0. The third kappa shape index (κ3) is 0.982. The lowest BCUT2D eigenvalue weighted by atomic mass is 10.0. The zero-order chi connectivity index (χ0) is 5.98. The molecule has 40 valence electrons. The van der Waals surface area contributed by atoms with E-state index in [2.05, 4.69) is 0 Å². The maximum absolute atomic E-state index is 10.0. The monoisotopic (exact) mass is 124 g/mol. The average molecular weight is 124 g/mol. The second-order valence-corrected chi connectivity index (χ2v) is 2.59. The van der Waals surface area contributed by atoms with Gasteiger partial charge in [0.25, 0.3) is 0 Å². The van der Waals surface area contributed by atoms with E-state index in [1.54, 1.807) is 0 Å². The molecule has 1 heterocycles. The molecule has 0 aliphatic heterocycles. The molecule has 0 unspecified atom stereocenters. The van der Waals surface area contributed by atoms with E-state index in [9.17, 15) is 4.79 Å². The third-order valence-corrected chi connectivity index (χ3v) is 1.84. The van der Waals surface area contributed by atoms with E-state index >= 15 is 0 Å². The zero-order valence-electron chi connectivity index (χ0n) is 4.55. The SMILES string of the molecule is Bc1csc(C=O)c1. The number of thiophene rings is 1. The van der Waals surface area contributed by atoms with Crippen LogP contribution in [-0.2, 0) is 0 Å². The lowest BCUT2D eigenvalue weighted by Gasteiger charge is -1.69. The Morgan fingerprint density at radius 3 is 2.75 bits per heavy atom. The lowest BCUT2D eigenvalue weighted by Crippen LogP contribution is -1.93. The summed E-state index contributed by atoms with van der Waals surface area (Å²) in [5, 5.41) is 1.96. The average Bonchev–Trinajstić information content (AvgIpc) is 2.14. The minimum Gasteiger partial charge on any atom is -0.297 e. The van der Waals surface area contributed by atoms with Crippen LogP contribution in [-0.4, -0.2) is 14.1 Å². The lowest BCUT2D eigenvalue weighted by molar-refractivity contribution is 0.112. The minimum atomic E-state index is 0.808. The fourth-order valence-corrected chi connectivity index (χ4v) is 1.21. The quantitative estimate of drug-likeness (QED) is 0.375. The van der Waals surface area contributed by atoms with Crippen LogP contribution in [0.1, 0.15) is 9.67 Å². The molecular formula is C5H5BOS. The van der Waals surface area contributed by atoms with Crippen molar-refractivity contribution in [2.75, 3.05) is 0 Å². The molecular weight excluding hydrogens is 119 g/mol. The summed E-state index contributed by atoms with van der Waals surface area (Å²) >= 11 is 1.48. The molecule has 0 bridgehead atoms. The Labute approximate surface area is 52.8 Å². The number of aldehydes is 1. The number of carbonyl (C=O) groups excluding carboxylic acids is 1. The molecule has 0 N–H and O–H groups in total. The van der Waals surface area contributed by atoms with E-state index in [0.717, 1.165) is 16.6 Å². The van der Waals surface area contributed by atoms with Crippen LogP contribution in [0.25, 0.3) is 0 Å². The molecule has 0 aliphatic carbocycles. The molecule has 0 amide bonds. The molecule has 1 rings (SSSR count). The normalized spacial score (nSPS) is 9.00. The molecule has 1 aromatic rings. The molecule has 1 aromatic heterocycles. The van der Waals surface area contributed by atoms with Crippen LogP contribution >= 0.6 is 11.3 Å². The topological polar surface area (TPSA) is 17.1 Å². The van der Waals surface area contributed by atoms with Crippen LogP contribution in [0.3, 0.4) is 0 Å². The van der Waals surface area contributed by atoms with Gasteiger partial charge in [-0.2, -0.15) is 0 Å². The van der Waals surface area contributed by atoms with Crippen LogP contribution in [0.2, 0.25) is 0 Å². The summed E-state index contributed by atoms with van der Waals surface area (Å²) < 4.78 is 0. The van der Waals surface area contributed by atoms with Crippen molar-refractivity contribution in [3.05, 3.63) is 16.3 Å². The van der Waals surface area contributed by atoms with Crippen molar-refractivity contribution in [1.82, 2.24) is 0 Å².